The molecular formula is C32H45N5O5Si. The van der Waals surface area contributed by atoms with Gasteiger partial charge in [-0.1, -0.05) is 25.7 Å². The minimum absolute atomic E-state index is 0.105. The molecule has 2 aromatic heterocycles. The minimum atomic E-state index is -1.13. The number of piperidine rings is 1. The molecule has 5 rings (SSSR count). The molecule has 11 heteroatoms. The molecule has 2 N–H and O–H groups in total. The number of aliphatic hydroxyl groups excluding tert-OH is 1. The van der Waals surface area contributed by atoms with Gasteiger partial charge in [-0.3, -0.25) is 4.79 Å². The van der Waals surface area contributed by atoms with Gasteiger partial charge in [0.15, 0.2) is 0 Å². The minimum Gasteiger partial charge on any atom is -0.508 e. The first-order valence-electron chi connectivity index (χ1n) is 15.4. The number of benzene rings is 1. The Hall–Kier alpha value is -3.25. The van der Waals surface area contributed by atoms with Crippen LogP contribution in [-0.4, -0.2) is 93.7 Å². The quantitative estimate of drug-likeness (QED) is 0.212. The Morgan fingerprint density at radius 3 is 2.53 bits per heavy atom. The monoisotopic (exact) mass is 607 g/mol. The van der Waals surface area contributed by atoms with Crippen LogP contribution >= 0.6 is 0 Å². The van der Waals surface area contributed by atoms with Crippen molar-refractivity contribution in [2.45, 2.75) is 76.7 Å². The number of phenols is 1. The maximum absolute atomic E-state index is 12.1. The number of amides is 1. The summed E-state index contributed by atoms with van der Waals surface area (Å²) in [5, 5.41) is 24.8. The van der Waals surface area contributed by atoms with Gasteiger partial charge in [-0.15, -0.1) is 0 Å². The van der Waals surface area contributed by atoms with E-state index in [2.05, 4.69) is 34.6 Å². The van der Waals surface area contributed by atoms with E-state index >= 15 is 0 Å². The number of likely N-dealkylation sites (tertiary alicyclic amines) is 2. The fourth-order valence-corrected chi connectivity index (χ4v) is 6.50. The highest BCUT2D eigenvalue weighted by atomic mass is 28.3. The molecule has 0 saturated carbocycles. The zero-order valence-electron chi connectivity index (χ0n) is 25.6. The Labute approximate surface area is 255 Å². The Morgan fingerprint density at radius 2 is 1.86 bits per heavy atom. The molecule has 2 fully saturated rings. The third kappa shape index (κ3) is 8.44. The van der Waals surface area contributed by atoms with E-state index in [1.54, 1.807) is 18.5 Å². The highest BCUT2D eigenvalue weighted by Gasteiger charge is 2.35. The second kappa shape index (κ2) is 14.0. The molecule has 0 spiro atoms. The summed E-state index contributed by atoms with van der Waals surface area (Å²) in [6.45, 7) is 11.7. The molecule has 0 radical (unpaired) electrons. The normalized spacial score (nSPS) is 18.5. The van der Waals surface area contributed by atoms with E-state index in [9.17, 15) is 15.0 Å². The van der Waals surface area contributed by atoms with Crippen molar-refractivity contribution < 1.29 is 24.5 Å². The molecule has 1 amide bonds. The number of pyridine rings is 1. The van der Waals surface area contributed by atoms with Crippen LogP contribution in [0.3, 0.4) is 0 Å². The van der Waals surface area contributed by atoms with Crippen LogP contribution in [0.5, 0.6) is 17.4 Å². The Balaban J connectivity index is 1.06. The summed E-state index contributed by atoms with van der Waals surface area (Å²) >= 11 is 0. The Kier molecular flexibility index (Phi) is 10.2. The number of hydrogen-bond donors (Lipinski definition) is 2. The first-order valence-corrected chi connectivity index (χ1v) is 19.1. The standard InChI is InChI=1S/C32H45N5O5Si/c1-43(2,3)20-19-41-23-37-28(10-14-34-37)25-7-9-31(33-22-25)42-27-8-6-24(30(39)21-27)5-4-15-35-16-11-26(12-17-35)36-18-13-29(38)32(36)40/h6-10,14,21-22,26,29,38-39H,4-5,11-13,15-20,23H2,1-3H3. The maximum atomic E-state index is 12.1. The number of nitrogens with zero attached hydrogens (tertiary/aromatic N) is 5. The number of carbonyl (C=O) groups is 1. The molecule has 232 valence electrons. The zero-order valence-corrected chi connectivity index (χ0v) is 26.6. The molecule has 2 saturated heterocycles. The summed E-state index contributed by atoms with van der Waals surface area (Å²) in [6.07, 6.45) is 6.86. The molecule has 0 bridgehead atoms. The zero-order chi connectivity index (χ0) is 30.4. The van der Waals surface area contributed by atoms with Crippen molar-refractivity contribution in [2.75, 3.05) is 32.8 Å². The summed E-state index contributed by atoms with van der Waals surface area (Å²) in [7, 11) is -1.13. The van der Waals surface area contributed by atoms with Crippen LogP contribution in [0, 0.1) is 0 Å². The maximum Gasteiger partial charge on any atom is 0.251 e. The van der Waals surface area contributed by atoms with Gasteiger partial charge in [0.25, 0.3) is 5.91 Å². The van der Waals surface area contributed by atoms with E-state index < -0.39 is 14.2 Å². The summed E-state index contributed by atoms with van der Waals surface area (Å²) in [5.41, 5.74) is 2.74. The molecule has 2 aliphatic rings. The van der Waals surface area contributed by atoms with Crippen LogP contribution in [0.15, 0.2) is 48.8 Å². The number of aliphatic hydroxyl groups is 1. The van der Waals surface area contributed by atoms with Gasteiger partial charge in [-0.05, 0) is 68.5 Å². The number of phenolic OH excluding ortho intramolecular Hbond substituents is 1. The number of ether oxygens (including phenoxy) is 2. The summed E-state index contributed by atoms with van der Waals surface area (Å²) < 4.78 is 13.6. The van der Waals surface area contributed by atoms with E-state index in [-0.39, 0.29) is 17.7 Å². The summed E-state index contributed by atoms with van der Waals surface area (Å²) in [5.74, 6) is 1.09. The van der Waals surface area contributed by atoms with Gasteiger partial charge in [0.1, 0.15) is 24.3 Å². The second-order valence-corrected chi connectivity index (χ2v) is 18.5. The van der Waals surface area contributed by atoms with Crippen molar-refractivity contribution in [2.24, 2.45) is 0 Å². The number of aromatic hydroxyl groups is 1. The molecule has 1 aromatic carbocycles. The summed E-state index contributed by atoms with van der Waals surface area (Å²) in [4.78, 5) is 20.9. The fourth-order valence-electron chi connectivity index (χ4n) is 5.74. The van der Waals surface area contributed by atoms with E-state index in [1.165, 1.54) is 0 Å². The van der Waals surface area contributed by atoms with Gasteiger partial charge >= 0.3 is 0 Å². The van der Waals surface area contributed by atoms with Crippen LogP contribution in [0.2, 0.25) is 25.7 Å². The van der Waals surface area contributed by atoms with Crippen molar-refractivity contribution in [1.29, 1.82) is 0 Å². The molecule has 10 nitrogen and oxygen atoms in total. The highest BCUT2D eigenvalue weighted by molar-refractivity contribution is 6.76. The first kappa shape index (κ1) is 31.2. The molecule has 1 unspecified atom stereocenters. The number of aromatic nitrogens is 3. The van der Waals surface area contributed by atoms with E-state index in [4.69, 9.17) is 9.47 Å². The van der Waals surface area contributed by atoms with Crippen LogP contribution in [0.4, 0.5) is 0 Å². The topological polar surface area (TPSA) is 113 Å². The van der Waals surface area contributed by atoms with Gasteiger partial charge < -0.3 is 29.5 Å². The van der Waals surface area contributed by atoms with Crippen molar-refractivity contribution in [3.8, 4) is 28.6 Å². The molecule has 3 aromatic rings. The first-order chi connectivity index (χ1) is 20.7. The Morgan fingerprint density at radius 1 is 1.05 bits per heavy atom. The van der Waals surface area contributed by atoms with E-state index in [0.717, 1.165) is 74.8 Å². The predicted octanol–water partition coefficient (Wildman–Crippen LogP) is 4.75. The summed E-state index contributed by atoms with van der Waals surface area (Å²) in [6, 6.07) is 12.5. The second-order valence-electron chi connectivity index (χ2n) is 12.9. The molecule has 2 aliphatic heterocycles. The van der Waals surface area contributed by atoms with Gasteiger partial charge in [0.05, 0.1) is 5.69 Å². The lowest BCUT2D eigenvalue weighted by Gasteiger charge is -2.36. The third-order valence-electron chi connectivity index (χ3n) is 8.37. The van der Waals surface area contributed by atoms with E-state index in [0.29, 0.717) is 31.3 Å². The number of rotatable bonds is 13. The van der Waals surface area contributed by atoms with Crippen molar-refractivity contribution in [3.63, 3.8) is 0 Å². The largest absolute Gasteiger partial charge is 0.508 e. The van der Waals surface area contributed by atoms with Crippen LogP contribution in [0.1, 0.15) is 31.2 Å². The van der Waals surface area contributed by atoms with Crippen LogP contribution < -0.4 is 4.74 Å². The predicted molar refractivity (Wildman–Crippen MR) is 168 cm³/mol. The van der Waals surface area contributed by atoms with Crippen LogP contribution in [0.25, 0.3) is 11.3 Å². The average Bonchev–Trinajstić information content (AvgIpc) is 3.59. The number of carbonyl (C=O) groups excluding carboxylic acids is 1. The highest BCUT2D eigenvalue weighted by Crippen LogP contribution is 2.29. The molecule has 1 atom stereocenters. The average molecular weight is 608 g/mol. The molecular weight excluding hydrogens is 562 g/mol. The van der Waals surface area contributed by atoms with Gasteiger partial charge in [0.2, 0.25) is 5.88 Å². The van der Waals surface area contributed by atoms with E-state index in [1.807, 2.05) is 39.9 Å². The van der Waals surface area contributed by atoms with Crippen molar-refractivity contribution in [3.05, 3.63) is 54.4 Å². The lowest BCUT2D eigenvalue weighted by molar-refractivity contribution is -0.137. The van der Waals surface area contributed by atoms with Gasteiger partial charge in [-0.2, -0.15) is 5.10 Å². The fraction of sp³-hybridized carbons (Fsp3) is 0.531. The molecule has 0 aliphatic carbocycles. The van der Waals surface area contributed by atoms with Crippen LogP contribution in [-0.2, 0) is 22.7 Å². The lowest BCUT2D eigenvalue weighted by Crippen LogP contribution is -2.46. The SMILES string of the molecule is C[Si](C)(C)CCOCn1nccc1-c1ccc(Oc2ccc(CCCN3CCC(N4CCC(O)C4=O)CC3)c(O)c2)nc1. The number of aryl methyl sites for hydroxylation is 1. The smallest absolute Gasteiger partial charge is 0.251 e. The van der Waals surface area contributed by atoms with Crippen molar-refractivity contribution in [1.82, 2.24) is 24.6 Å². The Bertz CT molecular complexity index is 1350. The third-order valence-corrected chi connectivity index (χ3v) is 10.1. The van der Waals surface area contributed by atoms with Crippen molar-refractivity contribution >= 4 is 14.0 Å². The number of hydrogen-bond acceptors (Lipinski definition) is 8. The molecule has 4 heterocycles. The molecule has 43 heavy (non-hydrogen) atoms. The van der Waals surface area contributed by atoms with Gasteiger partial charge in [-0.25, -0.2) is 9.67 Å². The van der Waals surface area contributed by atoms with Gasteiger partial charge in [0, 0.05) is 70.4 Å². The lowest BCUT2D eigenvalue weighted by atomic mass is 10.0.